The van der Waals surface area contributed by atoms with E-state index in [1.54, 1.807) is 0 Å². The predicted octanol–water partition coefficient (Wildman–Crippen LogP) is 5.87. The molecule has 0 radical (unpaired) electrons. The highest BCUT2D eigenvalue weighted by atomic mass is 15.1. The van der Waals surface area contributed by atoms with Crippen LogP contribution in [0.1, 0.15) is 56.7 Å². The van der Waals surface area contributed by atoms with Crippen molar-refractivity contribution in [3.05, 3.63) is 53.7 Å². The third-order valence-electron chi connectivity index (χ3n) is 5.44. The Bertz CT molecular complexity index is 844. The van der Waals surface area contributed by atoms with Gasteiger partial charge in [-0.2, -0.15) is 5.10 Å². The van der Waals surface area contributed by atoms with Crippen LogP contribution in [-0.4, -0.2) is 10.2 Å². The van der Waals surface area contributed by atoms with Crippen LogP contribution in [0.25, 0.3) is 22.0 Å². The lowest BCUT2D eigenvalue weighted by Gasteiger charge is -2.29. The van der Waals surface area contributed by atoms with E-state index in [0.29, 0.717) is 17.8 Å². The first-order valence-corrected chi connectivity index (χ1v) is 8.72. The van der Waals surface area contributed by atoms with Gasteiger partial charge in [0.2, 0.25) is 0 Å². The maximum atomic E-state index is 4.73. The van der Waals surface area contributed by atoms with Crippen LogP contribution in [0.5, 0.6) is 0 Å². The van der Waals surface area contributed by atoms with Crippen LogP contribution in [0.3, 0.4) is 0 Å². The van der Waals surface area contributed by atoms with Crippen molar-refractivity contribution in [3.8, 4) is 11.3 Å². The monoisotopic (exact) mass is 304 g/mol. The van der Waals surface area contributed by atoms with Crippen LogP contribution in [0, 0.1) is 5.92 Å². The lowest BCUT2D eigenvalue weighted by molar-refractivity contribution is 0.403. The molecule has 0 bridgehead atoms. The molecule has 3 aromatic rings. The Labute approximate surface area is 137 Å². The van der Waals surface area contributed by atoms with Gasteiger partial charge in [-0.25, -0.2) is 0 Å². The SMILES string of the molecule is CC(C)[C@@H]1CC[C@@H](C)c2c(-c3ccc4ccccc4c3)n[nH]c21. The van der Waals surface area contributed by atoms with Gasteiger partial charge in [0.25, 0.3) is 0 Å². The minimum absolute atomic E-state index is 0.584. The van der Waals surface area contributed by atoms with E-state index in [2.05, 4.69) is 68.3 Å². The van der Waals surface area contributed by atoms with Crippen molar-refractivity contribution in [1.29, 1.82) is 0 Å². The molecule has 2 heteroatoms. The van der Waals surface area contributed by atoms with Gasteiger partial charge in [0.05, 0.1) is 5.69 Å². The molecule has 0 fully saturated rings. The van der Waals surface area contributed by atoms with Crippen molar-refractivity contribution in [2.24, 2.45) is 5.92 Å². The zero-order valence-corrected chi connectivity index (χ0v) is 14.1. The number of nitrogens with one attached hydrogen (secondary N) is 1. The van der Waals surface area contributed by atoms with E-state index >= 15 is 0 Å². The van der Waals surface area contributed by atoms with Crippen LogP contribution in [-0.2, 0) is 0 Å². The maximum absolute atomic E-state index is 4.73. The van der Waals surface area contributed by atoms with Crippen LogP contribution in [0.2, 0.25) is 0 Å². The summed E-state index contributed by atoms with van der Waals surface area (Å²) in [5.74, 6) is 1.86. The number of fused-ring (bicyclic) bond motifs is 2. The van der Waals surface area contributed by atoms with Gasteiger partial charge in [-0.3, -0.25) is 5.10 Å². The molecule has 118 valence electrons. The number of aromatic nitrogens is 2. The molecule has 1 aliphatic rings. The van der Waals surface area contributed by atoms with E-state index in [1.807, 2.05) is 0 Å². The molecule has 1 aliphatic carbocycles. The molecule has 0 aliphatic heterocycles. The highest BCUT2D eigenvalue weighted by molar-refractivity contribution is 5.87. The smallest absolute Gasteiger partial charge is 0.0958 e. The zero-order chi connectivity index (χ0) is 16.0. The minimum atomic E-state index is 0.584. The standard InChI is InChI=1S/C21H24N2/c1-13(2)18-11-8-14(3)19-20(22-23-21(18)19)17-10-9-15-6-4-5-7-16(15)12-17/h4-7,9-10,12-14,18H,8,11H2,1-3H3,(H,22,23)/t14-,18+/m1/s1. The molecular weight excluding hydrogens is 280 g/mol. The summed E-state index contributed by atoms with van der Waals surface area (Å²) in [6.45, 7) is 6.98. The van der Waals surface area contributed by atoms with Crippen molar-refractivity contribution in [2.75, 3.05) is 0 Å². The lowest BCUT2D eigenvalue weighted by atomic mass is 9.75. The molecule has 0 spiro atoms. The first-order chi connectivity index (χ1) is 11.1. The van der Waals surface area contributed by atoms with Gasteiger partial charge in [-0.05, 0) is 41.5 Å². The molecule has 2 atom stereocenters. The highest BCUT2D eigenvalue weighted by Crippen LogP contribution is 2.45. The van der Waals surface area contributed by atoms with Crippen molar-refractivity contribution in [3.63, 3.8) is 0 Å². The third kappa shape index (κ3) is 2.37. The lowest BCUT2D eigenvalue weighted by Crippen LogP contribution is -2.16. The topological polar surface area (TPSA) is 28.7 Å². The predicted molar refractivity (Wildman–Crippen MR) is 96.8 cm³/mol. The fourth-order valence-corrected chi connectivity index (χ4v) is 4.09. The van der Waals surface area contributed by atoms with Gasteiger partial charge >= 0.3 is 0 Å². The Morgan fingerprint density at radius 1 is 1.04 bits per heavy atom. The maximum Gasteiger partial charge on any atom is 0.0958 e. The Morgan fingerprint density at radius 3 is 2.61 bits per heavy atom. The van der Waals surface area contributed by atoms with Gasteiger partial charge in [-0.1, -0.05) is 57.2 Å². The van der Waals surface area contributed by atoms with Crippen LogP contribution < -0.4 is 0 Å². The average Bonchev–Trinajstić information content (AvgIpc) is 3.00. The van der Waals surface area contributed by atoms with Crippen LogP contribution >= 0.6 is 0 Å². The average molecular weight is 304 g/mol. The van der Waals surface area contributed by atoms with E-state index < -0.39 is 0 Å². The van der Waals surface area contributed by atoms with E-state index in [9.17, 15) is 0 Å². The molecule has 0 saturated carbocycles. The molecule has 1 aromatic heterocycles. The van der Waals surface area contributed by atoms with Crippen molar-refractivity contribution < 1.29 is 0 Å². The summed E-state index contributed by atoms with van der Waals surface area (Å²) in [6.07, 6.45) is 2.53. The van der Waals surface area contributed by atoms with Crippen molar-refractivity contribution in [1.82, 2.24) is 10.2 Å². The second-order valence-corrected chi connectivity index (χ2v) is 7.29. The van der Waals surface area contributed by atoms with Gasteiger partial charge in [-0.15, -0.1) is 0 Å². The van der Waals surface area contributed by atoms with E-state index in [4.69, 9.17) is 5.10 Å². The largest absolute Gasteiger partial charge is 0.281 e. The van der Waals surface area contributed by atoms with Crippen LogP contribution in [0.15, 0.2) is 42.5 Å². The third-order valence-corrected chi connectivity index (χ3v) is 5.44. The number of benzene rings is 2. The Hall–Kier alpha value is -2.09. The minimum Gasteiger partial charge on any atom is -0.281 e. The Kier molecular flexibility index (Phi) is 3.48. The molecule has 4 rings (SSSR count). The molecule has 0 amide bonds. The van der Waals surface area contributed by atoms with E-state index in [-0.39, 0.29) is 0 Å². The van der Waals surface area contributed by atoms with E-state index in [0.717, 1.165) is 5.69 Å². The number of hydrogen-bond acceptors (Lipinski definition) is 1. The molecule has 1 N–H and O–H groups in total. The first kappa shape index (κ1) is 14.5. The molecule has 0 saturated heterocycles. The van der Waals surface area contributed by atoms with Crippen LogP contribution in [0.4, 0.5) is 0 Å². The fraction of sp³-hybridized carbons (Fsp3) is 0.381. The van der Waals surface area contributed by atoms with E-state index in [1.165, 1.54) is 40.4 Å². The summed E-state index contributed by atoms with van der Waals surface area (Å²) in [5.41, 5.74) is 5.22. The number of H-pyrrole nitrogens is 1. The number of aromatic amines is 1. The number of rotatable bonds is 2. The van der Waals surface area contributed by atoms with Gasteiger partial charge in [0.15, 0.2) is 0 Å². The fourth-order valence-electron chi connectivity index (χ4n) is 4.09. The zero-order valence-electron chi connectivity index (χ0n) is 14.1. The van der Waals surface area contributed by atoms with Crippen molar-refractivity contribution >= 4 is 10.8 Å². The quantitative estimate of drug-likeness (QED) is 0.630. The molecular formula is C21H24N2. The summed E-state index contributed by atoms with van der Waals surface area (Å²) in [7, 11) is 0. The van der Waals surface area contributed by atoms with Gasteiger partial charge in [0, 0.05) is 22.7 Å². The first-order valence-electron chi connectivity index (χ1n) is 8.72. The summed E-state index contributed by atoms with van der Waals surface area (Å²) in [6, 6.07) is 15.2. The summed E-state index contributed by atoms with van der Waals surface area (Å²) in [5, 5.41) is 10.7. The van der Waals surface area contributed by atoms with Gasteiger partial charge in [0.1, 0.15) is 0 Å². The summed E-state index contributed by atoms with van der Waals surface area (Å²) < 4.78 is 0. The summed E-state index contributed by atoms with van der Waals surface area (Å²) >= 11 is 0. The molecule has 0 unspecified atom stereocenters. The molecule has 2 nitrogen and oxygen atoms in total. The number of hydrogen-bond donors (Lipinski definition) is 1. The summed E-state index contributed by atoms with van der Waals surface area (Å²) in [4.78, 5) is 0. The Balaban J connectivity index is 1.86. The molecule has 23 heavy (non-hydrogen) atoms. The molecule has 1 heterocycles. The van der Waals surface area contributed by atoms with Gasteiger partial charge < -0.3 is 0 Å². The molecule has 2 aromatic carbocycles. The second kappa shape index (κ2) is 5.52. The van der Waals surface area contributed by atoms with Crippen molar-refractivity contribution in [2.45, 2.75) is 45.4 Å². The highest BCUT2D eigenvalue weighted by Gasteiger charge is 2.31. The Morgan fingerprint density at radius 2 is 1.83 bits per heavy atom. The second-order valence-electron chi connectivity index (χ2n) is 7.29. The normalized spacial score (nSPS) is 20.9. The number of nitrogens with zero attached hydrogens (tertiary/aromatic N) is 1.